The molecule has 0 aliphatic carbocycles. The van der Waals surface area contributed by atoms with E-state index in [1.54, 1.807) is 12.1 Å². The summed E-state index contributed by atoms with van der Waals surface area (Å²) in [5, 5.41) is 14.9. The first kappa shape index (κ1) is 15.2. The summed E-state index contributed by atoms with van der Waals surface area (Å²) < 4.78 is 5.10. The number of carbonyl (C=O) groups excluding carboxylic acids is 1. The molecule has 0 aliphatic rings. The van der Waals surface area contributed by atoms with Gasteiger partial charge in [-0.1, -0.05) is 0 Å². The maximum Gasteiger partial charge on any atom is 0.407 e. The summed E-state index contributed by atoms with van der Waals surface area (Å²) in [6, 6.07) is 3.33. The minimum Gasteiger partial charge on any atom is -0.506 e. The lowest BCUT2D eigenvalue weighted by atomic mass is 10.2. The molecule has 0 saturated carbocycles. The smallest absolute Gasteiger partial charge is 0.407 e. The van der Waals surface area contributed by atoms with Gasteiger partial charge in [-0.2, -0.15) is 0 Å². The number of ether oxygens (including phenoxy) is 1. The number of aromatic nitrogens is 1. The van der Waals surface area contributed by atoms with Crippen molar-refractivity contribution < 1.29 is 14.6 Å². The van der Waals surface area contributed by atoms with Crippen molar-refractivity contribution in [2.24, 2.45) is 0 Å². The van der Waals surface area contributed by atoms with Gasteiger partial charge >= 0.3 is 6.09 Å². The Kier molecular flexibility index (Phi) is 5.57. The molecule has 3 N–H and O–H groups in total. The third kappa shape index (κ3) is 7.25. The Bertz CT molecular complexity index is 399. The molecule has 1 rings (SSSR count). The van der Waals surface area contributed by atoms with Crippen LogP contribution >= 0.6 is 0 Å². The molecule has 0 spiro atoms. The van der Waals surface area contributed by atoms with Crippen LogP contribution in [0.2, 0.25) is 0 Å². The second-order valence-corrected chi connectivity index (χ2v) is 5.11. The molecular weight excluding hydrogens is 246 g/mol. The fourth-order valence-corrected chi connectivity index (χ4v) is 1.30. The van der Waals surface area contributed by atoms with Crippen molar-refractivity contribution >= 4 is 6.09 Å². The van der Waals surface area contributed by atoms with E-state index in [1.807, 2.05) is 20.8 Å². The van der Waals surface area contributed by atoms with Crippen LogP contribution in [0.1, 0.15) is 26.5 Å². The molecule has 19 heavy (non-hydrogen) atoms. The average Bonchev–Trinajstić information content (AvgIpc) is 2.29. The van der Waals surface area contributed by atoms with Gasteiger partial charge in [0.15, 0.2) is 0 Å². The Morgan fingerprint density at radius 2 is 2.11 bits per heavy atom. The second kappa shape index (κ2) is 6.94. The molecule has 106 valence electrons. The molecule has 0 aromatic carbocycles. The first-order valence-corrected chi connectivity index (χ1v) is 6.18. The summed E-state index contributed by atoms with van der Waals surface area (Å²) in [5.74, 6) is 0.148. The largest absolute Gasteiger partial charge is 0.506 e. The predicted molar refractivity (Wildman–Crippen MR) is 71.8 cm³/mol. The molecule has 1 amide bonds. The van der Waals surface area contributed by atoms with Crippen LogP contribution in [0.25, 0.3) is 0 Å². The summed E-state index contributed by atoms with van der Waals surface area (Å²) in [4.78, 5) is 15.4. The van der Waals surface area contributed by atoms with Gasteiger partial charge in [0.05, 0.1) is 11.9 Å². The lowest BCUT2D eigenvalue weighted by Gasteiger charge is -2.19. The zero-order valence-electron chi connectivity index (χ0n) is 11.6. The van der Waals surface area contributed by atoms with Crippen LogP contribution < -0.4 is 10.6 Å². The van der Waals surface area contributed by atoms with Gasteiger partial charge in [0, 0.05) is 19.6 Å². The van der Waals surface area contributed by atoms with Crippen molar-refractivity contribution in [1.82, 2.24) is 15.6 Å². The number of rotatable bonds is 5. The van der Waals surface area contributed by atoms with Gasteiger partial charge < -0.3 is 20.5 Å². The van der Waals surface area contributed by atoms with Gasteiger partial charge in [0.25, 0.3) is 0 Å². The summed E-state index contributed by atoms with van der Waals surface area (Å²) >= 11 is 0. The summed E-state index contributed by atoms with van der Waals surface area (Å²) in [7, 11) is 0. The number of hydrogen-bond acceptors (Lipinski definition) is 5. The summed E-state index contributed by atoms with van der Waals surface area (Å²) in [6.45, 7) is 7.13. The molecule has 0 fully saturated rings. The van der Waals surface area contributed by atoms with Gasteiger partial charge in [-0.25, -0.2) is 4.79 Å². The van der Waals surface area contributed by atoms with E-state index in [4.69, 9.17) is 9.84 Å². The van der Waals surface area contributed by atoms with Crippen molar-refractivity contribution in [3.8, 4) is 5.75 Å². The van der Waals surface area contributed by atoms with Crippen LogP contribution in [-0.4, -0.2) is 34.9 Å². The average molecular weight is 267 g/mol. The molecule has 0 aliphatic heterocycles. The number of nitrogens with zero attached hydrogens (tertiary/aromatic N) is 1. The molecule has 0 saturated heterocycles. The van der Waals surface area contributed by atoms with E-state index < -0.39 is 11.7 Å². The number of amides is 1. The zero-order valence-corrected chi connectivity index (χ0v) is 11.6. The highest BCUT2D eigenvalue weighted by atomic mass is 16.6. The number of carbonyl (C=O) groups is 1. The van der Waals surface area contributed by atoms with E-state index in [1.165, 1.54) is 6.20 Å². The zero-order chi connectivity index (χ0) is 14.3. The van der Waals surface area contributed by atoms with E-state index >= 15 is 0 Å². The van der Waals surface area contributed by atoms with Crippen molar-refractivity contribution in [3.05, 3.63) is 24.0 Å². The topological polar surface area (TPSA) is 83.5 Å². The van der Waals surface area contributed by atoms with Crippen molar-refractivity contribution in [3.63, 3.8) is 0 Å². The van der Waals surface area contributed by atoms with Gasteiger partial charge in [0.2, 0.25) is 0 Å². The normalized spacial score (nSPS) is 11.1. The Morgan fingerprint density at radius 3 is 2.68 bits per heavy atom. The third-order valence-electron chi connectivity index (χ3n) is 2.09. The fourth-order valence-electron chi connectivity index (χ4n) is 1.30. The predicted octanol–water partition coefficient (Wildman–Crippen LogP) is 1.40. The Hall–Kier alpha value is -1.82. The Labute approximate surface area is 113 Å². The minimum atomic E-state index is -0.479. The molecule has 6 heteroatoms. The SMILES string of the molecule is CC(C)(C)OC(=O)NCCNCc1ccc(O)cn1. The third-order valence-corrected chi connectivity index (χ3v) is 2.09. The molecule has 0 atom stereocenters. The van der Waals surface area contributed by atoms with E-state index in [-0.39, 0.29) is 5.75 Å². The number of hydrogen-bond donors (Lipinski definition) is 3. The molecular formula is C13H21N3O3. The van der Waals surface area contributed by atoms with Crippen LogP contribution in [0.4, 0.5) is 4.79 Å². The lowest BCUT2D eigenvalue weighted by molar-refractivity contribution is 0.0528. The highest BCUT2D eigenvalue weighted by molar-refractivity contribution is 5.67. The van der Waals surface area contributed by atoms with Crippen LogP contribution in [0.3, 0.4) is 0 Å². The first-order valence-electron chi connectivity index (χ1n) is 6.18. The molecule has 0 unspecified atom stereocenters. The van der Waals surface area contributed by atoms with Gasteiger partial charge in [-0.05, 0) is 32.9 Å². The molecule has 1 aromatic heterocycles. The Balaban J connectivity index is 2.11. The molecule has 6 nitrogen and oxygen atoms in total. The van der Waals surface area contributed by atoms with Gasteiger partial charge in [-0.3, -0.25) is 4.98 Å². The van der Waals surface area contributed by atoms with E-state index in [0.29, 0.717) is 19.6 Å². The van der Waals surface area contributed by atoms with E-state index in [2.05, 4.69) is 15.6 Å². The van der Waals surface area contributed by atoms with Crippen molar-refractivity contribution in [2.75, 3.05) is 13.1 Å². The van der Waals surface area contributed by atoms with Gasteiger partial charge in [0.1, 0.15) is 11.4 Å². The lowest BCUT2D eigenvalue weighted by Crippen LogP contribution is -2.36. The highest BCUT2D eigenvalue weighted by Crippen LogP contribution is 2.06. The minimum absolute atomic E-state index is 0.148. The monoisotopic (exact) mass is 267 g/mol. The van der Waals surface area contributed by atoms with Gasteiger partial charge in [-0.15, -0.1) is 0 Å². The second-order valence-electron chi connectivity index (χ2n) is 5.11. The van der Waals surface area contributed by atoms with E-state index in [0.717, 1.165) is 5.69 Å². The van der Waals surface area contributed by atoms with Crippen LogP contribution in [0.5, 0.6) is 5.75 Å². The number of aromatic hydroxyl groups is 1. The summed E-state index contributed by atoms with van der Waals surface area (Å²) in [6.07, 6.45) is 0.979. The van der Waals surface area contributed by atoms with Crippen molar-refractivity contribution in [2.45, 2.75) is 32.9 Å². The number of nitrogens with one attached hydrogen (secondary N) is 2. The van der Waals surface area contributed by atoms with Crippen LogP contribution in [-0.2, 0) is 11.3 Å². The van der Waals surface area contributed by atoms with Crippen molar-refractivity contribution in [1.29, 1.82) is 0 Å². The van der Waals surface area contributed by atoms with E-state index in [9.17, 15) is 4.79 Å². The Morgan fingerprint density at radius 1 is 1.37 bits per heavy atom. The molecule has 0 radical (unpaired) electrons. The highest BCUT2D eigenvalue weighted by Gasteiger charge is 2.15. The maximum absolute atomic E-state index is 11.3. The molecule has 0 bridgehead atoms. The molecule has 1 aromatic rings. The quantitative estimate of drug-likeness (QED) is 0.702. The van der Waals surface area contributed by atoms with Crippen LogP contribution in [0, 0.1) is 0 Å². The number of alkyl carbamates (subject to hydrolysis) is 1. The summed E-state index contributed by atoms with van der Waals surface area (Å²) in [5.41, 5.74) is 0.350. The standard InChI is InChI=1S/C13H21N3O3/c1-13(2,3)19-12(18)15-7-6-14-8-10-4-5-11(17)9-16-10/h4-5,9,14,17H,6-8H2,1-3H3,(H,15,18). The van der Waals surface area contributed by atoms with Crippen LogP contribution in [0.15, 0.2) is 18.3 Å². The molecule has 1 heterocycles. The fraction of sp³-hybridized carbons (Fsp3) is 0.538. The maximum atomic E-state index is 11.3. The first-order chi connectivity index (χ1) is 8.87. The number of pyridine rings is 1.